The van der Waals surface area contributed by atoms with E-state index in [1.54, 1.807) is 0 Å². The molecule has 1 aromatic heterocycles. The Bertz CT molecular complexity index is 194. The Morgan fingerprint density at radius 3 is 2.00 bits per heavy atom. The first-order valence-electron chi connectivity index (χ1n) is 4.34. The smallest absolute Gasteiger partial charge is 0.291 e. The molecule has 1 heterocycles. The Hall–Kier alpha value is -0.785. The van der Waals surface area contributed by atoms with E-state index >= 15 is 0 Å². The summed E-state index contributed by atoms with van der Waals surface area (Å²) in [6, 6.07) is 6.22. The molecule has 0 bridgehead atoms. The van der Waals surface area contributed by atoms with Crippen LogP contribution in [0.4, 0.5) is 0 Å². The lowest BCUT2D eigenvalue weighted by molar-refractivity contribution is -0.538. The summed E-state index contributed by atoms with van der Waals surface area (Å²) in [5, 5.41) is 0. The van der Waals surface area contributed by atoms with Gasteiger partial charge < -0.3 is 0 Å². The minimum absolute atomic E-state index is 0.677. The van der Waals surface area contributed by atoms with Crippen molar-refractivity contribution in [1.29, 1.82) is 0 Å². The first-order chi connectivity index (χ1) is 5.38. The van der Waals surface area contributed by atoms with Gasteiger partial charge in [0, 0.05) is 0 Å². The number of aromatic nitrogens is 1. The zero-order valence-corrected chi connectivity index (χ0v) is 7.33. The van der Waals surface area contributed by atoms with Gasteiger partial charge in [0.15, 0.2) is 0 Å². The topological polar surface area (TPSA) is 3.88 Å². The number of rotatable bonds is 3. The molecule has 58 valence electrons. The van der Waals surface area contributed by atoms with Crippen molar-refractivity contribution >= 4 is 6.85 Å². The second-order valence-electron chi connectivity index (χ2n) is 2.79. The van der Waals surface area contributed by atoms with Crippen molar-refractivity contribution < 1.29 is 4.48 Å². The maximum absolute atomic E-state index is 2.28. The minimum atomic E-state index is 0.677. The van der Waals surface area contributed by atoms with Crippen LogP contribution < -0.4 is 4.48 Å². The largest absolute Gasteiger partial charge is 0.488 e. The molecule has 0 saturated carbocycles. The molecule has 0 aliphatic carbocycles. The average molecular weight is 148 g/mol. The van der Waals surface area contributed by atoms with Crippen molar-refractivity contribution in [3.8, 4) is 0 Å². The Morgan fingerprint density at radius 1 is 1.00 bits per heavy atom. The maximum Gasteiger partial charge on any atom is 0.488 e. The van der Waals surface area contributed by atoms with Gasteiger partial charge in [-0.05, 0) is 24.8 Å². The summed E-state index contributed by atoms with van der Waals surface area (Å²) < 4.78 is 2.28. The summed E-state index contributed by atoms with van der Waals surface area (Å²) in [7, 11) is 0. The molecule has 11 heavy (non-hydrogen) atoms. The lowest BCUT2D eigenvalue weighted by atomic mass is 9.57. The van der Waals surface area contributed by atoms with Gasteiger partial charge in [-0.3, -0.25) is 4.48 Å². The van der Waals surface area contributed by atoms with Gasteiger partial charge in [-0.25, -0.2) is 0 Å². The minimum Gasteiger partial charge on any atom is -0.291 e. The highest BCUT2D eigenvalue weighted by atomic mass is 14.8. The van der Waals surface area contributed by atoms with Crippen molar-refractivity contribution in [2.75, 3.05) is 0 Å². The standard InChI is InChI=1S/C9H15BN/c1-3-10(4-2)11-8-6-5-7-9-11/h5-9H,3-4H2,1-2H3/q+1. The van der Waals surface area contributed by atoms with Crippen LogP contribution in [0.5, 0.6) is 0 Å². The fourth-order valence-electron chi connectivity index (χ4n) is 1.37. The summed E-state index contributed by atoms with van der Waals surface area (Å²) in [6.07, 6.45) is 6.70. The summed E-state index contributed by atoms with van der Waals surface area (Å²) in [5.74, 6) is 0. The molecule has 0 unspecified atom stereocenters. The third-order valence-electron chi connectivity index (χ3n) is 2.10. The van der Waals surface area contributed by atoms with E-state index < -0.39 is 0 Å². The second kappa shape index (κ2) is 4.17. The third-order valence-corrected chi connectivity index (χ3v) is 2.10. The average Bonchev–Trinajstić information content (AvgIpc) is 2.09. The van der Waals surface area contributed by atoms with Crippen molar-refractivity contribution in [1.82, 2.24) is 0 Å². The predicted octanol–water partition coefficient (Wildman–Crippen LogP) is 1.85. The lowest BCUT2D eigenvalue weighted by Gasteiger charge is -1.99. The number of hydrogen-bond acceptors (Lipinski definition) is 0. The summed E-state index contributed by atoms with van der Waals surface area (Å²) >= 11 is 0. The molecular formula is C9H15BN+. The number of nitrogens with zero attached hydrogens (tertiary/aromatic N) is 1. The van der Waals surface area contributed by atoms with E-state index in [2.05, 4.69) is 48.9 Å². The summed E-state index contributed by atoms with van der Waals surface area (Å²) in [6.45, 7) is 5.14. The molecule has 0 atom stereocenters. The van der Waals surface area contributed by atoms with Crippen LogP contribution in [0.3, 0.4) is 0 Å². The first kappa shape index (κ1) is 8.31. The molecule has 1 rings (SSSR count). The lowest BCUT2D eigenvalue weighted by Crippen LogP contribution is -2.49. The van der Waals surface area contributed by atoms with E-state index in [0.29, 0.717) is 6.85 Å². The van der Waals surface area contributed by atoms with Crippen LogP contribution in [0.15, 0.2) is 30.6 Å². The molecular weight excluding hydrogens is 133 g/mol. The van der Waals surface area contributed by atoms with E-state index in [1.807, 2.05) is 0 Å². The van der Waals surface area contributed by atoms with E-state index in [0.717, 1.165) is 0 Å². The monoisotopic (exact) mass is 148 g/mol. The molecule has 1 nitrogen and oxygen atoms in total. The van der Waals surface area contributed by atoms with Gasteiger partial charge in [0.05, 0.1) is 0 Å². The second-order valence-corrected chi connectivity index (χ2v) is 2.79. The normalized spacial score (nSPS) is 9.64. The van der Waals surface area contributed by atoms with Crippen molar-refractivity contribution in [2.24, 2.45) is 0 Å². The zero-order valence-electron chi connectivity index (χ0n) is 7.33. The summed E-state index contributed by atoms with van der Waals surface area (Å²) in [5.41, 5.74) is 0. The van der Waals surface area contributed by atoms with Crippen LogP contribution >= 0.6 is 0 Å². The van der Waals surface area contributed by atoms with Crippen LogP contribution in [0, 0.1) is 0 Å². The molecule has 0 radical (unpaired) electrons. The highest BCUT2D eigenvalue weighted by Crippen LogP contribution is 1.93. The molecule has 0 N–H and O–H groups in total. The molecule has 2 heteroatoms. The van der Waals surface area contributed by atoms with Gasteiger partial charge in [-0.2, -0.15) is 0 Å². The van der Waals surface area contributed by atoms with Gasteiger partial charge in [-0.15, -0.1) is 0 Å². The maximum atomic E-state index is 2.28. The summed E-state index contributed by atoms with van der Waals surface area (Å²) in [4.78, 5) is 0. The van der Waals surface area contributed by atoms with Crippen LogP contribution in [-0.2, 0) is 0 Å². The fourth-order valence-corrected chi connectivity index (χ4v) is 1.37. The van der Waals surface area contributed by atoms with Crippen LogP contribution in [0.1, 0.15) is 13.8 Å². The van der Waals surface area contributed by atoms with Crippen LogP contribution in [0.2, 0.25) is 12.6 Å². The third kappa shape index (κ3) is 2.07. The number of hydrogen-bond donors (Lipinski definition) is 0. The van der Waals surface area contributed by atoms with E-state index in [9.17, 15) is 0 Å². The van der Waals surface area contributed by atoms with Gasteiger partial charge in [0.1, 0.15) is 12.4 Å². The SMILES string of the molecule is CCB(CC)[n+]1ccccc1. The molecule has 0 spiro atoms. The molecule has 0 aliphatic heterocycles. The Morgan fingerprint density at radius 2 is 1.55 bits per heavy atom. The highest BCUT2D eigenvalue weighted by Gasteiger charge is 2.21. The predicted molar refractivity (Wildman–Crippen MR) is 48.8 cm³/mol. The van der Waals surface area contributed by atoms with Gasteiger partial charge in [-0.1, -0.05) is 19.9 Å². The molecule has 0 amide bonds. The van der Waals surface area contributed by atoms with Gasteiger partial charge in [0.25, 0.3) is 0 Å². The first-order valence-corrected chi connectivity index (χ1v) is 4.34. The van der Waals surface area contributed by atoms with E-state index in [1.165, 1.54) is 12.6 Å². The molecule has 0 fully saturated rings. The molecule has 0 aliphatic rings. The van der Waals surface area contributed by atoms with Gasteiger partial charge in [0.2, 0.25) is 0 Å². The van der Waals surface area contributed by atoms with Crippen molar-refractivity contribution in [2.45, 2.75) is 26.5 Å². The van der Waals surface area contributed by atoms with Crippen LogP contribution in [-0.4, -0.2) is 6.85 Å². The van der Waals surface area contributed by atoms with Crippen molar-refractivity contribution in [3.63, 3.8) is 0 Å². The molecule has 0 aromatic carbocycles. The Labute approximate surface area is 69.2 Å². The van der Waals surface area contributed by atoms with Crippen LogP contribution in [0.25, 0.3) is 0 Å². The molecule has 1 aromatic rings. The zero-order chi connectivity index (χ0) is 8.10. The van der Waals surface area contributed by atoms with E-state index in [4.69, 9.17) is 0 Å². The number of pyridine rings is 1. The Kier molecular flexibility index (Phi) is 3.15. The highest BCUT2D eigenvalue weighted by molar-refractivity contribution is 6.49. The van der Waals surface area contributed by atoms with Gasteiger partial charge >= 0.3 is 6.85 Å². The molecule has 0 saturated heterocycles. The van der Waals surface area contributed by atoms with Crippen molar-refractivity contribution in [3.05, 3.63) is 30.6 Å². The Balaban J connectivity index is 2.74. The fraction of sp³-hybridized carbons (Fsp3) is 0.444. The quantitative estimate of drug-likeness (QED) is 0.576. The van der Waals surface area contributed by atoms with E-state index in [-0.39, 0.29) is 0 Å².